The molecule has 0 unspecified atom stereocenters. The van der Waals surface area contributed by atoms with Gasteiger partial charge in [-0.05, 0) is 22.8 Å². The van der Waals surface area contributed by atoms with E-state index in [1.807, 2.05) is 48.7 Å². The van der Waals surface area contributed by atoms with Crippen LogP contribution in [0.4, 0.5) is 11.6 Å². The summed E-state index contributed by atoms with van der Waals surface area (Å²) in [5.41, 5.74) is 11.2. The van der Waals surface area contributed by atoms with Crippen molar-refractivity contribution < 1.29 is 0 Å². The van der Waals surface area contributed by atoms with E-state index in [1.54, 1.807) is 12.4 Å². The number of nitrogens with two attached hydrogens (primary N) is 1. The summed E-state index contributed by atoms with van der Waals surface area (Å²) in [6.07, 6.45) is 5.25. The first-order valence-electron chi connectivity index (χ1n) is 8.71. The quantitative estimate of drug-likeness (QED) is 0.556. The van der Waals surface area contributed by atoms with Gasteiger partial charge in [-0.15, -0.1) is 0 Å². The van der Waals surface area contributed by atoms with E-state index in [0.29, 0.717) is 18.2 Å². The number of benzene rings is 2. The molecule has 0 aliphatic heterocycles. The lowest BCUT2D eigenvalue weighted by Crippen LogP contribution is -2.07. The Kier molecular flexibility index (Phi) is 4.74. The highest BCUT2D eigenvalue weighted by Gasteiger charge is 2.07. The highest BCUT2D eigenvalue weighted by molar-refractivity contribution is 5.70. The van der Waals surface area contributed by atoms with Crippen LogP contribution in [0.1, 0.15) is 5.56 Å². The van der Waals surface area contributed by atoms with E-state index < -0.39 is 0 Å². The lowest BCUT2D eigenvalue weighted by Gasteiger charge is -2.10. The molecule has 0 bridgehead atoms. The van der Waals surface area contributed by atoms with Crippen molar-refractivity contribution in [3.8, 4) is 22.4 Å². The average molecular weight is 353 g/mol. The van der Waals surface area contributed by atoms with Gasteiger partial charge in [0, 0.05) is 24.5 Å². The third-order valence-corrected chi connectivity index (χ3v) is 4.27. The SMILES string of the molecule is Nc1ncc(-c2ccc(-c3ccccc3)cc2)nc1NCc1cccnc1. The van der Waals surface area contributed by atoms with Crippen molar-refractivity contribution >= 4 is 11.6 Å². The third kappa shape index (κ3) is 3.93. The number of hydrogen-bond donors (Lipinski definition) is 2. The second-order valence-corrected chi connectivity index (χ2v) is 6.15. The number of pyridine rings is 1. The van der Waals surface area contributed by atoms with Gasteiger partial charge in [0.05, 0.1) is 11.9 Å². The summed E-state index contributed by atoms with van der Waals surface area (Å²) in [7, 11) is 0. The van der Waals surface area contributed by atoms with Crippen molar-refractivity contribution in [3.63, 3.8) is 0 Å². The molecule has 0 atom stereocenters. The molecule has 4 rings (SSSR count). The monoisotopic (exact) mass is 353 g/mol. The number of hydrogen-bond acceptors (Lipinski definition) is 5. The molecule has 5 heteroatoms. The van der Waals surface area contributed by atoms with E-state index in [-0.39, 0.29) is 0 Å². The minimum Gasteiger partial charge on any atom is -0.381 e. The molecule has 2 aromatic carbocycles. The van der Waals surface area contributed by atoms with Crippen LogP contribution >= 0.6 is 0 Å². The Bertz CT molecular complexity index is 1020. The van der Waals surface area contributed by atoms with Gasteiger partial charge in [-0.1, -0.05) is 60.7 Å². The zero-order valence-electron chi connectivity index (χ0n) is 14.7. The van der Waals surface area contributed by atoms with Crippen molar-refractivity contribution in [1.29, 1.82) is 0 Å². The second kappa shape index (κ2) is 7.66. The van der Waals surface area contributed by atoms with Gasteiger partial charge in [0.1, 0.15) is 0 Å². The van der Waals surface area contributed by atoms with Crippen LogP contribution in [0, 0.1) is 0 Å². The Morgan fingerprint density at radius 3 is 2.26 bits per heavy atom. The minimum absolute atomic E-state index is 0.378. The normalized spacial score (nSPS) is 10.5. The fourth-order valence-corrected chi connectivity index (χ4v) is 2.82. The van der Waals surface area contributed by atoms with Crippen LogP contribution in [0.3, 0.4) is 0 Å². The molecule has 2 aromatic heterocycles. The predicted molar refractivity (Wildman–Crippen MR) is 109 cm³/mol. The van der Waals surface area contributed by atoms with Crippen LogP contribution < -0.4 is 11.1 Å². The van der Waals surface area contributed by atoms with Crippen LogP contribution in [0.25, 0.3) is 22.4 Å². The van der Waals surface area contributed by atoms with Crippen LogP contribution in [-0.2, 0) is 6.54 Å². The van der Waals surface area contributed by atoms with Gasteiger partial charge in [-0.25, -0.2) is 9.97 Å². The molecule has 132 valence electrons. The predicted octanol–water partition coefficient (Wildman–Crippen LogP) is 4.40. The first kappa shape index (κ1) is 16.7. The van der Waals surface area contributed by atoms with Crippen LogP contribution in [-0.4, -0.2) is 15.0 Å². The van der Waals surface area contributed by atoms with Gasteiger partial charge in [0.25, 0.3) is 0 Å². The number of aromatic nitrogens is 3. The zero-order chi connectivity index (χ0) is 18.5. The minimum atomic E-state index is 0.378. The average Bonchev–Trinajstić information content (AvgIpc) is 2.75. The smallest absolute Gasteiger partial charge is 0.169 e. The van der Waals surface area contributed by atoms with Crippen molar-refractivity contribution in [2.45, 2.75) is 6.54 Å². The number of nitrogen functional groups attached to an aromatic ring is 1. The van der Waals surface area contributed by atoms with E-state index in [4.69, 9.17) is 5.73 Å². The van der Waals surface area contributed by atoms with Crippen LogP contribution in [0.2, 0.25) is 0 Å². The lowest BCUT2D eigenvalue weighted by atomic mass is 10.0. The maximum Gasteiger partial charge on any atom is 0.169 e. The third-order valence-electron chi connectivity index (χ3n) is 4.27. The summed E-state index contributed by atoms with van der Waals surface area (Å²) in [6, 6.07) is 22.5. The van der Waals surface area contributed by atoms with E-state index in [2.05, 4.69) is 44.5 Å². The molecule has 5 nitrogen and oxygen atoms in total. The summed E-state index contributed by atoms with van der Waals surface area (Å²) >= 11 is 0. The van der Waals surface area contributed by atoms with Gasteiger partial charge in [0.2, 0.25) is 0 Å². The van der Waals surface area contributed by atoms with E-state index in [1.165, 1.54) is 5.56 Å². The second-order valence-electron chi connectivity index (χ2n) is 6.15. The first-order valence-corrected chi connectivity index (χ1v) is 8.71. The molecule has 2 heterocycles. The largest absolute Gasteiger partial charge is 0.381 e. The molecule has 0 spiro atoms. The first-order chi connectivity index (χ1) is 13.3. The topological polar surface area (TPSA) is 76.7 Å². The number of anilines is 2. The summed E-state index contributed by atoms with van der Waals surface area (Å²) in [4.78, 5) is 13.0. The fourth-order valence-electron chi connectivity index (χ4n) is 2.82. The summed E-state index contributed by atoms with van der Waals surface area (Å²) in [5, 5.41) is 3.24. The van der Waals surface area contributed by atoms with Gasteiger partial charge in [-0.3, -0.25) is 4.98 Å². The maximum absolute atomic E-state index is 5.98. The fraction of sp³-hybridized carbons (Fsp3) is 0.0455. The van der Waals surface area contributed by atoms with Crippen LogP contribution in [0.15, 0.2) is 85.3 Å². The molecule has 0 fully saturated rings. The molecule has 0 aliphatic rings. The van der Waals surface area contributed by atoms with E-state index >= 15 is 0 Å². The Morgan fingerprint density at radius 1 is 0.778 bits per heavy atom. The van der Waals surface area contributed by atoms with Crippen molar-refractivity contribution in [3.05, 3.63) is 90.9 Å². The maximum atomic E-state index is 5.98. The summed E-state index contributed by atoms with van der Waals surface area (Å²) < 4.78 is 0. The lowest BCUT2D eigenvalue weighted by molar-refractivity contribution is 1.07. The molecule has 0 amide bonds. The van der Waals surface area contributed by atoms with E-state index in [9.17, 15) is 0 Å². The van der Waals surface area contributed by atoms with E-state index in [0.717, 1.165) is 22.4 Å². The summed E-state index contributed by atoms with van der Waals surface area (Å²) in [6.45, 7) is 0.586. The number of nitrogens with zero attached hydrogens (tertiary/aromatic N) is 3. The molecular weight excluding hydrogens is 334 g/mol. The highest BCUT2D eigenvalue weighted by atomic mass is 15.1. The van der Waals surface area contributed by atoms with Crippen molar-refractivity contribution in [2.75, 3.05) is 11.1 Å². The number of rotatable bonds is 5. The Labute approximate surface area is 158 Å². The molecule has 27 heavy (non-hydrogen) atoms. The highest BCUT2D eigenvalue weighted by Crippen LogP contribution is 2.25. The van der Waals surface area contributed by atoms with Gasteiger partial charge in [-0.2, -0.15) is 0 Å². The Morgan fingerprint density at radius 2 is 1.52 bits per heavy atom. The van der Waals surface area contributed by atoms with Crippen molar-refractivity contribution in [2.24, 2.45) is 0 Å². The zero-order valence-corrected chi connectivity index (χ0v) is 14.7. The molecule has 0 radical (unpaired) electrons. The standard InChI is InChI=1S/C22H19N5/c23-21-22(26-14-16-5-4-12-24-13-16)27-20(15-25-21)19-10-8-18(9-11-19)17-6-2-1-3-7-17/h1-13,15H,14H2,(H2,23,25)(H,26,27). The molecular formula is C22H19N5. The van der Waals surface area contributed by atoms with Gasteiger partial charge in [0.15, 0.2) is 11.6 Å². The molecule has 0 saturated heterocycles. The van der Waals surface area contributed by atoms with Gasteiger partial charge >= 0.3 is 0 Å². The van der Waals surface area contributed by atoms with Gasteiger partial charge < -0.3 is 11.1 Å². The molecule has 4 aromatic rings. The van der Waals surface area contributed by atoms with Crippen LogP contribution in [0.5, 0.6) is 0 Å². The Balaban J connectivity index is 1.55. The molecule has 0 saturated carbocycles. The van der Waals surface area contributed by atoms with Crippen molar-refractivity contribution in [1.82, 2.24) is 15.0 Å². The number of nitrogens with one attached hydrogen (secondary N) is 1. The molecule has 3 N–H and O–H groups in total. The Hall–Kier alpha value is -3.73. The summed E-state index contributed by atoms with van der Waals surface area (Å²) in [5.74, 6) is 0.951. The molecule has 0 aliphatic carbocycles.